The molecule has 3 aromatic carbocycles. The van der Waals surface area contributed by atoms with Gasteiger partial charge in [0.25, 0.3) is 0 Å². The Bertz CT molecular complexity index is 1210. The average molecular weight is 491 g/mol. The summed E-state index contributed by atoms with van der Waals surface area (Å²) in [4.78, 5) is 23.7. The second kappa shape index (κ2) is 12.5. The van der Waals surface area contributed by atoms with Gasteiger partial charge in [0.2, 0.25) is 0 Å². The third kappa shape index (κ3) is 7.38. The van der Waals surface area contributed by atoms with Gasteiger partial charge in [-0.3, -0.25) is 0 Å². The molecule has 8 nitrogen and oxygen atoms in total. The van der Waals surface area contributed by atoms with Gasteiger partial charge in [-0.15, -0.1) is 0 Å². The van der Waals surface area contributed by atoms with Gasteiger partial charge in [-0.1, -0.05) is 54.6 Å². The van der Waals surface area contributed by atoms with Crippen molar-refractivity contribution >= 4 is 24.1 Å². The van der Waals surface area contributed by atoms with Crippen LogP contribution in [0.2, 0.25) is 0 Å². The highest BCUT2D eigenvalue weighted by Crippen LogP contribution is 2.33. The predicted molar refractivity (Wildman–Crippen MR) is 133 cm³/mol. The van der Waals surface area contributed by atoms with Crippen LogP contribution in [0.15, 0.2) is 84.9 Å². The summed E-state index contributed by atoms with van der Waals surface area (Å²) in [6.07, 6.45) is 1.28. The van der Waals surface area contributed by atoms with Gasteiger partial charge < -0.3 is 29.9 Å². The molecule has 186 valence electrons. The molecule has 3 rings (SSSR count). The fraction of sp³-hybridized carbons (Fsp3) is 0.143. The van der Waals surface area contributed by atoms with E-state index in [1.165, 1.54) is 25.3 Å². The Hall–Kier alpha value is -4.24. The van der Waals surface area contributed by atoms with Crippen LogP contribution in [0.3, 0.4) is 0 Å². The summed E-state index contributed by atoms with van der Waals surface area (Å²) < 4.78 is 10.9. The number of benzene rings is 3. The Labute approximate surface area is 208 Å². The zero-order valence-corrected chi connectivity index (χ0v) is 19.4. The van der Waals surface area contributed by atoms with E-state index in [1.54, 1.807) is 72.8 Å². The quantitative estimate of drug-likeness (QED) is 0.192. The number of aliphatic hydroxyl groups excluding tert-OH is 2. The third-order valence-electron chi connectivity index (χ3n) is 5.27. The van der Waals surface area contributed by atoms with Crippen LogP contribution in [0.4, 0.5) is 0 Å². The van der Waals surface area contributed by atoms with Gasteiger partial charge in [0.05, 0.1) is 12.7 Å². The maximum atomic E-state index is 12.9. The largest absolute Gasteiger partial charge is 0.497 e. The fourth-order valence-electron chi connectivity index (χ4n) is 3.37. The molecule has 0 aliphatic heterocycles. The van der Waals surface area contributed by atoms with Crippen LogP contribution in [0.5, 0.6) is 5.75 Å². The van der Waals surface area contributed by atoms with Crippen molar-refractivity contribution in [3.8, 4) is 5.75 Å². The summed E-state index contributed by atoms with van der Waals surface area (Å²) in [6, 6.07) is 19.6. The number of aliphatic hydroxyl groups is 3. The molecule has 0 heterocycles. The van der Waals surface area contributed by atoms with E-state index in [4.69, 9.17) is 24.8 Å². The number of methoxy groups -OCH3 is 1. The highest BCUT2D eigenvalue weighted by Gasteiger charge is 2.27. The molecule has 4 N–H and O–H groups in total. The first-order valence-corrected chi connectivity index (χ1v) is 10.9. The summed E-state index contributed by atoms with van der Waals surface area (Å²) >= 11 is 0. The standard InChI is InChI=1S/C28H26O8/c1-35-23-14-12-22(13-15-23)28(34)36-27(21-10-4-19(5-11-21)7-17-25(31)32)26(33)20-8-2-18(3-9-20)6-16-24(29)30/h2-17,24,26-27,29-30,33H,1H3,(H,31,32)/b16-6+,17-7+. The van der Waals surface area contributed by atoms with Crippen molar-refractivity contribution in [2.24, 2.45) is 0 Å². The maximum absolute atomic E-state index is 12.9. The number of carbonyl (C=O) groups is 2. The number of aliphatic carboxylic acids is 1. The van der Waals surface area contributed by atoms with Crippen LogP contribution in [0.25, 0.3) is 12.2 Å². The van der Waals surface area contributed by atoms with Crippen LogP contribution >= 0.6 is 0 Å². The fourth-order valence-corrected chi connectivity index (χ4v) is 3.37. The summed E-state index contributed by atoms with van der Waals surface area (Å²) in [5.41, 5.74) is 2.55. The van der Waals surface area contributed by atoms with Crippen molar-refractivity contribution < 1.29 is 39.5 Å². The summed E-state index contributed by atoms with van der Waals surface area (Å²) in [7, 11) is 1.52. The number of ether oxygens (including phenoxy) is 2. The first-order chi connectivity index (χ1) is 17.3. The minimum atomic E-state index is -1.58. The number of hydrogen-bond acceptors (Lipinski definition) is 7. The zero-order chi connectivity index (χ0) is 26.1. The van der Waals surface area contributed by atoms with E-state index in [2.05, 4.69) is 0 Å². The molecule has 0 radical (unpaired) electrons. The van der Waals surface area contributed by atoms with Gasteiger partial charge in [-0.05, 0) is 58.7 Å². The second-order valence-corrected chi connectivity index (χ2v) is 7.78. The van der Waals surface area contributed by atoms with Gasteiger partial charge in [-0.25, -0.2) is 9.59 Å². The van der Waals surface area contributed by atoms with Crippen molar-refractivity contribution in [1.29, 1.82) is 0 Å². The summed E-state index contributed by atoms with van der Waals surface area (Å²) in [5.74, 6) is -1.14. The van der Waals surface area contributed by atoms with Crippen LogP contribution in [0, 0.1) is 0 Å². The number of hydrogen-bond donors (Lipinski definition) is 4. The first kappa shape index (κ1) is 26.4. The Morgan fingerprint density at radius 1 is 0.778 bits per heavy atom. The normalized spacial score (nSPS) is 13.1. The lowest BCUT2D eigenvalue weighted by Gasteiger charge is -2.24. The van der Waals surface area contributed by atoms with Gasteiger partial charge in [-0.2, -0.15) is 0 Å². The van der Waals surface area contributed by atoms with Crippen LogP contribution in [-0.4, -0.2) is 45.8 Å². The second-order valence-electron chi connectivity index (χ2n) is 7.78. The van der Waals surface area contributed by atoms with Gasteiger partial charge in [0.1, 0.15) is 11.9 Å². The van der Waals surface area contributed by atoms with Gasteiger partial charge in [0, 0.05) is 6.08 Å². The van der Waals surface area contributed by atoms with E-state index < -0.39 is 30.4 Å². The van der Waals surface area contributed by atoms with Gasteiger partial charge in [0.15, 0.2) is 12.4 Å². The van der Waals surface area contributed by atoms with Crippen molar-refractivity contribution in [2.75, 3.05) is 7.11 Å². The minimum absolute atomic E-state index is 0.275. The van der Waals surface area contributed by atoms with E-state index >= 15 is 0 Å². The molecule has 0 spiro atoms. The maximum Gasteiger partial charge on any atom is 0.338 e. The Kier molecular flexibility index (Phi) is 9.13. The lowest BCUT2D eigenvalue weighted by atomic mass is 9.96. The van der Waals surface area contributed by atoms with E-state index in [9.17, 15) is 14.7 Å². The van der Waals surface area contributed by atoms with E-state index in [-0.39, 0.29) is 5.56 Å². The molecule has 3 aromatic rings. The monoisotopic (exact) mass is 490 g/mol. The molecule has 0 amide bonds. The highest BCUT2D eigenvalue weighted by atomic mass is 16.6. The van der Waals surface area contributed by atoms with Crippen LogP contribution in [-0.2, 0) is 9.53 Å². The van der Waals surface area contributed by atoms with Crippen LogP contribution in [0.1, 0.15) is 44.8 Å². The molecular formula is C28H26O8. The molecular weight excluding hydrogens is 464 g/mol. The molecule has 2 atom stereocenters. The number of carboxylic acids is 1. The van der Waals surface area contributed by atoms with Crippen molar-refractivity contribution in [1.82, 2.24) is 0 Å². The van der Waals surface area contributed by atoms with E-state index in [0.29, 0.717) is 28.0 Å². The average Bonchev–Trinajstić information content (AvgIpc) is 2.89. The van der Waals surface area contributed by atoms with E-state index in [0.717, 1.165) is 6.08 Å². The van der Waals surface area contributed by atoms with Gasteiger partial charge >= 0.3 is 11.9 Å². The SMILES string of the molecule is COc1ccc(C(=O)OC(c2ccc(/C=C/C(=O)O)cc2)C(O)c2ccc(/C=C/C(O)O)cc2)cc1. The van der Waals surface area contributed by atoms with Crippen molar-refractivity contribution in [3.63, 3.8) is 0 Å². The zero-order valence-electron chi connectivity index (χ0n) is 19.4. The summed E-state index contributed by atoms with van der Waals surface area (Å²) in [5, 5.41) is 38.0. The smallest absolute Gasteiger partial charge is 0.338 e. The Morgan fingerprint density at radius 2 is 1.33 bits per heavy atom. The first-order valence-electron chi connectivity index (χ1n) is 10.9. The third-order valence-corrected chi connectivity index (χ3v) is 5.27. The molecule has 0 saturated heterocycles. The molecule has 36 heavy (non-hydrogen) atoms. The molecule has 8 heteroatoms. The lowest BCUT2D eigenvalue weighted by Crippen LogP contribution is -2.19. The van der Waals surface area contributed by atoms with Crippen molar-refractivity contribution in [2.45, 2.75) is 18.5 Å². The Balaban J connectivity index is 1.89. The molecule has 0 aliphatic carbocycles. The molecule has 2 unspecified atom stereocenters. The topological polar surface area (TPSA) is 134 Å². The van der Waals surface area contributed by atoms with E-state index in [1.807, 2.05) is 0 Å². The number of carboxylic acid groups (broad SMARTS) is 1. The molecule has 0 saturated carbocycles. The van der Waals surface area contributed by atoms with Crippen LogP contribution < -0.4 is 4.74 Å². The molecule has 0 bridgehead atoms. The number of carbonyl (C=O) groups excluding carboxylic acids is 1. The van der Waals surface area contributed by atoms with Crippen molar-refractivity contribution in [3.05, 3.63) is 113 Å². The number of rotatable bonds is 10. The predicted octanol–water partition coefficient (Wildman–Crippen LogP) is 3.75. The summed E-state index contributed by atoms with van der Waals surface area (Å²) in [6.45, 7) is 0. The number of esters is 1. The highest BCUT2D eigenvalue weighted by molar-refractivity contribution is 5.89. The Morgan fingerprint density at radius 3 is 1.86 bits per heavy atom. The molecule has 0 fully saturated rings. The lowest BCUT2D eigenvalue weighted by molar-refractivity contribution is -0.131. The molecule has 0 aliphatic rings. The minimum Gasteiger partial charge on any atom is -0.497 e. The molecule has 0 aromatic heterocycles.